The third-order valence-corrected chi connectivity index (χ3v) is 1.44. The van der Waals surface area contributed by atoms with Crippen molar-refractivity contribution in [1.82, 2.24) is 9.97 Å². The van der Waals surface area contributed by atoms with Gasteiger partial charge in [-0.15, -0.1) is 0 Å². The molecular weight excluding hydrogens is 152 g/mol. The molecule has 0 aliphatic carbocycles. The average molecular weight is 164 g/mol. The van der Waals surface area contributed by atoms with Gasteiger partial charge < -0.3 is 10.7 Å². The average Bonchev–Trinajstić information content (AvgIpc) is 2.06. The van der Waals surface area contributed by atoms with Crippen molar-refractivity contribution in [3.8, 4) is 0 Å². The molecule has 3 N–H and O–H groups in total. The normalized spacial score (nSPS) is 14.3. The van der Waals surface area contributed by atoms with Crippen molar-refractivity contribution in [3.05, 3.63) is 35.5 Å². The monoisotopic (exact) mass is 164 g/mol. The SMILES string of the molecule is C/C(N)=C(C)\N=c1\nccc[nH]1. The second kappa shape index (κ2) is 3.71. The number of hydrogen-bond acceptors (Lipinski definition) is 3. The maximum absolute atomic E-state index is 5.53. The number of aromatic amines is 1. The first-order valence-electron chi connectivity index (χ1n) is 3.67. The molecule has 0 radical (unpaired) electrons. The first kappa shape index (κ1) is 8.52. The van der Waals surface area contributed by atoms with Crippen LogP contribution in [0, 0.1) is 0 Å². The number of H-pyrrole nitrogens is 1. The molecule has 1 heterocycles. The van der Waals surface area contributed by atoms with Crippen LogP contribution in [0.5, 0.6) is 0 Å². The summed E-state index contributed by atoms with van der Waals surface area (Å²) >= 11 is 0. The highest BCUT2D eigenvalue weighted by Gasteiger charge is 1.87. The lowest BCUT2D eigenvalue weighted by molar-refractivity contribution is 0.965. The van der Waals surface area contributed by atoms with Gasteiger partial charge in [-0.05, 0) is 19.9 Å². The van der Waals surface area contributed by atoms with Gasteiger partial charge >= 0.3 is 0 Å². The molecule has 1 rings (SSSR count). The predicted molar refractivity (Wildman–Crippen MR) is 46.7 cm³/mol. The zero-order valence-corrected chi connectivity index (χ0v) is 7.20. The van der Waals surface area contributed by atoms with Crippen LogP contribution in [0.2, 0.25) is 0 Å². The van der Waals surface area contributed by atoms with Crippen molar-refractivity contribution >= 4 is 0 Å². The van der Waals surface area contributed by atoms with Crippen molar-refractivity contribution < 1.29 is 0 Å². The summed E-state index contributed by atoms with van der Waals surface area (Å²) < 4.78 is 0. The fourth-order valence-electron chi connectivity index (χ4n) is 0.625. The second-order valence-electron chi connectivity index (χ2n) is 2.49. The Morgan fingerprint density at radius 2 is 2.33 bits per heavy atom. The molecule has 4 nitrogen and oxygen atoms in total. The van der Waals surface area contributed by atoms with Crippen molar-refractivity contribution in [3.63, 3.8) is 0 Å². The summed E-state index contributed by atoms with van der Waals surface area (Å²) in [6, 6.07) is 1.80. The molecule has 12 heavy (non-hydrogen) atoms. The summed E-state index contributed by atoms with van der Waals surface area (Å²) in [6.07, 6.45) is 3.44. The van der Waals surface area contributed by atoms with E-state index in [1.54, 1.807) is 18.5 Å². The highest BCUT2D eigenvalue weighted by molar-refractivity contribution is 5.03. The molecule has 1 aromatic heterocycles. The fourth-order valence-corrected chi connectivity index (χ4v) is 0.625. The Bertz CT molecular complexity index is 327. The fraction of sp³-hybridized carbons (Fsp3) is 0.250. The van der Waals surface area contributed by atoms with Gasteiger partial charge in [0.1, 0.15) is 0 Å². The van der Waals surface area contributed by atoms with Gasteiger partial charge in [-0.1, -0.05) is 0 Å². The van der Waals surface area contributed by atoms with Crippen LogP contribution in [0.1, 0.15) is 13.8 Å². The molecule has 0 saturated carbocycles. The number of nitrogens with two attached hydrogens (primary N) is 1. The highest BCUT2D eigenvalue weighted by atomic mass is 15.0. The molecule has 0 bridgehead atoms. The van der Waals surface area contributed by atoms with E-state index in [9.17, 15) is 0 Å². The summed E-state index contributed by atoms with van der Waals surface area (Å²) in [5, 5.41) is 0. The standard InChI is InChI=1S/C8H12N4/c1-6(9)7(2)12-8-10-4-3-5-11-8/h3-5H,9H2,1-2H3,(H,10,11,12)/b7-6+. The van der Waals surface area contributed by atoms with E-state index in [0.717, 1.165) is 5.70 Å². The van der Waals surface area contributed by atoms with E-state index in [1.165, 1.54) is 0 Å². The van der Waals surface area contributed by atoms with Crippen molar-refractivity contribution in [2.75, 3.05) is 0 Å². The zero-order valence-electron chi connectivity index (χ0n) is 7.20. The largest absolute Gasteiger partial charge is 0.401 e. The van der Waals surface area contributed by atoms with Crippen LogP contribution >= 0.6 is 0 Å². The number of allylic oxidation sites excluding steroid dienone is 2. The van der Waals surface area contributed by atoms with Crippen LogP contribution < -0.4 is 11.4 Å². The van der Waals surface area contributed by atoms with Gasteiger partial charge in [-0.25, -0.2) is 9.98 Å². The molecule has 0 spiro atoms. The second-order valence-corrected chi connectivity index (χ2v) is 2.49. The first-order chi connectivity index (χ1) is 5.70. The third kappa shape index (κ3) is 2.23. The van der Waals surface area contributed by atoms with Gasteiger partial charge in [0.05, 0.1) is 5.70 Å². The predicted octanol–water partition coefficient (Wildman–Crippen LogP) is 0.520. The van der Waals surface area contributed by atoms with E-state index >= 15 is 0 Å². The van der Waals surface area contributed by atoms with Crippen molar-refractivity contribution in [2.24, 2.45) is 10.7 Å². The van der Waals surface area contributed by atoms with Crippen LogP contribution in [-0.4, -0.2) is 9.97 Å². The Labute approximate surface area is 70.9 Å². The molecule has 0 fully saturated rings. The molecule has 0 atom stereocenters. The highest BCUT2D eigenvalue weighted by Crippen LogP contribution is 1.94. The number of aromatic nitrogens is 2. The minimum absolute atomic E-state index is 0.569. The number of rotatable bonds is 1. The molecule has 0 aliphatic heterocycles. The first-order valence-corrected chi connectivity index (χ1v) is 3.67. The van der Waals surface area contributed by atoms with Crippen LogP contribution in [-0.2, 0) is 0 Å². The Morgan fingerprint density at radius 3 is 2.83 bits per heavy atom. The van der Waals surface area contributed by atoms with Crippen LogP contribution in [0.4, 0.5) is 0 Å². The van der Waals surface area contributed by atoms with Crippen LogP contribution in [0.15, 0.2) is 34.8 Å². The van der Waals surface area contributed by atoms with E-state index < -0.39 is 0 Å². The summed E-state index contributed by atoms with van der Waals surface area (Å²) in [4.78, 5) is 11.0. The van der Waals surface area contributed by atoms with E-state index in [4.69, 9.17) is 5.73 Å². The number of nitrogens with zero attached hydrogens (tertiary/aromatic N) is 2. The molecule has 0 unspecified atom stereocenters. The molecule has 0 amide bonds. The van der Waals surface area contributed by atoms with Gasteiger partial charge in [0.15, 0.2) is 0 Å². The van der Waals surface area contributed by atoms with Crippen molar-refractivity contribution in [1.29, 1.82) is 0 Å². The van der Waals surface area contributed by atoms with Crippen molar-refractivity contribution in [2.45, 2.75) is 13.8 Å². The van der Waals surface area contributed by atoms with Gasteiger partial charge in [-0.3, -0.25) is 0 Å². The lowest BCUT2D eigenvalue weighted by Crippen LogP contribution is -2.11. The van der Waals surface area contributed by atoms with Gasteiger partial charge in [-0.2, -0.15) is 0 Å². The van der Waals surface area contributed by atoms with Gasteiger partial charge in [0.2, 0.25) is 5.62 Å². The van der Waals surface area contributed by atoms with Crippen LogP contribution in [0.3, 0.4) is 0 Å². The number of hydrogen-bond donors (Lipinski definition) is 2. The smallest absolute Gasteiger partial charge is 0.226 e. The summed E-state index contributed by atoms with van der Waals surface area (Å²) in [5.74, 6) is 0. The topological polar surface area (TPSA) is 67.1 Å². The maximum Gasteiger partial charge on any atom is 0.226 e. The van der Waals surface area contributed by atoms with Gasteiger partial charge in [0, 0.05) is 18.1 Å². The molecule has 4 heteroatoms. The lowest BCUT2D eigenvalue weighted by Gasteiger charge is -1.93. The molecule has 0 aliphatic rings. The summed E-state index contributed by atoms with van der Waals surface area (Å²) in [7, 11) is 0. The number of nitrogens with one attached hydrogen (secondary N) is 1. The molecular formula is C8H12N4. The van der Waals surface area contributed by atoms with E-state index in [2.05, 4.69) is 15.0 Å². The van der Waals surface area contributed by atoms with Crippen LogP contribution in [0.25, 0.3) is 0 Å². The quantitative estimate of drug-likeness (QED) is 0.635. The zero-order chi connectivity index (χ0) is 8.97. The molecule has 64 valence electrons. The third-order valence-electron chi connectivity index (χ3n) is 1.44. The molecule has 1 aromatic rings. The maximum atomic E-state index is 5.53. The molecule has 0 aromatic carbocycles. The Balaban J connectivity index is 3.08. The van der Waals surface area contributed by atoms with E-state index in [0.29, 0.717) is 11.3 Å². The minimum Gasteiger partial charge on any atom is -0.401 e. The van der Waals surface area contributed by atoms with E-state index in [1.807, 2.05) is 13.8 Å². The summed E-state index contributed by atoms with van der Waals surface area (Å²) in [5.41, 5.74) is 7.58. The molecule has 0 saturated heterocycles. The van der Waals surface area contributed by atoms with Gasteiger partial charge in [0.25, 0.3) is 0 Å². The lowest BCUT2D eigenvalue weighted by atomic mass is 10.4. The Hall–Kier alpha value is -1.58. The Morgan fingerprint density at radius 1 is 1.58 bits per heavy atom. The summed E-state index contributed by atoms with van der Waals surface area (Å²) in [6.45, 7) is 3.65. The van der Waals surface area contributed by atoms with E-state index in [-0.39, 0.29) is 0 Å². The minimum atomic E-state index is 0.569. The Kier molecular flexibility index (Phi) is 2.63.